The lowest BCUT2D eigenvalue weighted by Gasteiger charge is -2.21. The maximum atomic E-state index is 12.4. The number of rotatable bonds is 0. The summed E-state index contributed by atoms with van der Waals surface area (Å²) in [5, 5.41) is 0.272. The van der Waals surface area contributed by atoms with Crippen molar-refractivity contribution in [3.63, 3.8) is 0 Å². The van der Waals surface area contributed by atoms with Crippen LogP contribution in [0.5, 0.6) is 0 Å². The van der Waals surface area contributed by atoms with Crippen LogP contribution in [0.25, 0.3) is 0 Å². The molecule has 3 rings (SSSR count). The van der Waals surface area contributed by atoms with Crippen LogP contribution in [0.2, 0.25) is 0 Å². The van der Waals surface area contributed by atoms with Crippen molar-refractivity contribution < 1.29 is 9.59 Å². The summed E-state index contributed by atoms with van der Waals surface area (Å²) in [6, 6.07) is 7.07. The molecule has 0 aromatic heterocycles. The van der Waals surface area contributed by atoms with E-state index >= 15 is 0 Å². The Labute approximate surface area is 122 Å². The summed E-state index contributed by atoms with van der Waals surface area (Å²) >= 11 is 2.87. The van der Waals surface area contributed by atoms with Crippen molar-refractivity contribution in [3.8, 4) is 0 Å². The number of thioether (sulfide) groups is 2. The molecule has 2 heterocycles. The smallest absolute Gasteiger partial charge is 0.256 e. The van der Waals surface area contributed by atoms with Gasteiger partial charge in [-0.2, -0.15) is 0 Å². The van der Waals surface area contributed by atoms with Crippen LogP contribution in [0.3, 0.4) is 0 Å². The second kappa shape index (κ2) is 6.01. The van der Waals surface area contributed by atoms with Crippen molar-refractivity contribution in [2.75, 3.05) is 5.88 Å². The van der Waals surface area contributed by atoms with Crippen LogP contribution in [0.4, 0.5) is 0 Å². The van der Waals surface area contributed by atoms with Crippen molar-refractivity contribution in [1.82, 2.24) is 4.90 Å². The van der Waals surface area contributed by atoms with Gasteiger partial charge in [-0.25, -0.2) is 0 Å². The second-order valence-corrected chi connectivity index (χ2v) is 6.52. The molecule has 1 aromatic carbocycles. The zero-order valence-electron chi connectivity index (χ0n) is 11.3. The van der Waals surface area contributed by atoms with E-state index in [1.165, 1.54) is 11.8 Å². The number of benzene rings is 1. The van der Waals surface area contributed by atoms with Gasteiger partial charge in [-0.3, -0.25) is 9.59 Å². The molecule has 2 atom stereocenters. The number of fused-ring (bicyclic) bond motifs is 2. The van der Waals surface area contributed by atoms with Gasteiger partial charge in [0.2, 0.25) is 5.12 Å². The summed E-state index contributed by atoms with van der Waals surface area (Å²) in [7, 11) is 0. The second-order valence-electron chi connectivity index (χ2n) is 4.14. The van der Waals surface area contributed by atoms with Crippen LogP contribution in [0.1, 0.15) is 31.1 Å². The molecule has 1 fully saturated rings. The average molecular weight is 295 g/mol. The highest BCUT2D eigenvalue weighted by Crippen LogP contribution is 2.39. The summed E-state index contributed by atoms with van der Waals surface area (Å²) in [5.41, 5.74) is 0.656. The Kier molecular flexibility index (Phi) is 4.58. The summed E-state index contributed by atoms with van der Waals surface area (Å²) < 4.78 is 0. The average Bonchev–Trinajstić information content (AvgIpc) is 2.78. The van der Waals surface area contributed by atoms with Crippen molar-refractivity contribution in [1.29, 1.82) is 0 Å². The molecule has 5 heteroatoms. The van der Waals surface area contributed by atoms with E-state index in [1.54, 1.807) is 22.7 Å². The number of carbonyl (C=O) groups is 2. The zero-order chi connectivity index (χ0) is 14.0. The summed E-state index contributed by atoms with van der Waals surface area (Å²) in [6.45, 7) is 6.01. The molecule has 0 saturated carbocycles. The van der Waals surface area contributed by atoms with Gasteiger partial charge >= 0.3 is 0 Å². The van der Waals surface area contributed by atoms with E-state index in [-0.39, 0.29) is 22.3 Å². The molecule has 1 aromatic rings. The predicted octanol–water partition coefficient (Wildman–Crippen LogP) is 3.25. The number of hydrogen-bond donors (Lipinski definition) is 0. The van der Waals surface area contributed by atoms with E-state index in [2.05, 4.69) is 0 Å². The van der Waals surface area contributed by atoms with Gasteiger partial charge in [0.25, 0.3) is 5.91 Å². The van der Waals surface area contributed by atoms with Crippen LogP contribution in [-0.2, 0) is 4.79 Å². The predicted molar refractivity (Wildman–Crippen MR) is 80.5 cm³/mol. The van der Waals surface area contributed by atoms with Gasteiger partial charge in [0.05, 0.1) is 11.4 Å². The molecule has 0 bridgehead atoms. The minimum Gasteiger partial charge on any atom is -0.317 e. The molecule has 19 heavy (non-hydrogen) atoms. The van der Waals surface area contributed by atoms with Gasteiger partial charge in [-0.15, -0.1) is 11.8 Å². The Bertz CT molecular complexity index is 504. The highest BCUT2D eigenvalue weighted by Gasteiger charge is 2.43. The molecule has 2 unspecified atom stereocenters. The molecular formula is C14H17NO2S2. The zero-order valence-corrected chi connectivity index (χ0v) is 12.9. The Morgan fingerprint density at radius 3 is 2.63 bits per heavy atom. The molecule has 2 aliphatic rings. The molecule has 102 valence electrons. The van der Waals surface area contributed by atoms with Crippen molar-refractivity contribution >= 4 is 34.5 Å². The molecule has 0 aliphatic carbocycles. The highest BCUT2D eigenvalue weighted by atomic mass is 32.2. The van der Waals surface area contributed by atoms with Gasteiger partial charge in [-0.1, -0.05) is 32.9 Å². The quantitative estimate of drug-likeness (QED) is 0.736. The molecule has 1 saturated heterocycles. The third-order valence-corrected chi connectivity index (χ3v) is 5.32. The van der Waals surface area contributed by atoms with Crippen LogP contribution >= 0.6 is 23.5 Å². The SMILES string of the molecule is CC.CC1SCN2C(=O)c3ccccc3SC(=O)C12. The lowest BCUT2D eigenvalue weighted by Crippen LogP contribution is -2.41. The van der Waals surface area contributed by atoms with Crippen LogP contribution in [-0.4, -0.2) is 33.1 Å². The first-order valence-corrected chi connectivity index (χ1v) is 8.28. The summed E-state index contributed by atoms with van der Waals surface area (Å²) in [6.07, 6.45) is 0. The minimum atomic E-state index is -0.273. The highest BCUT2D eigenvalue weighted by molar-refractivity contribution is 8.14. The van der Waals surface area contributed by atoms with Crippen LogP contribution in [0, 0.1) is 0 Å². The van der Waals surface area contributed by atoms with Gasteiger partial charge in [0.1, 0.15) is 6.04 Å². The van der Waals surface area contributed by atoms with E-state index < -0.39 is 0 Å². The minimum absolute atomic E-state index is 0.0131. The molecule has 2 aliphatic heterocycles. The maximum Gasteiger partial charge on any atom is 0.256 e. The largest absolute Gasteiger partial charge is 0.317 e. The standard InChI is InChI=1S/C12H11NO2S2.C2H6/c1-7-10-12(15)17-9-5-3-2-4-8(9)11(14)13(10)6-16-7;1-2/h2-5,7,10H,6H2,1H3;1-2H3. The lowest BCUT2D eigenvalue weighted by atomic mass is 10.1. The molecule has 1 amide bonds. The molecule has 3 nitrogen and oxygen atoms in total. The van der Waals surface area contributed by atoms with Gasteiger partial charge in [-0.05, 0) is 23.9 Å². The molecule has 0 radical (unpaired) electrons. The fraction of sp³-hybridized carbons (Fsp3) is 0.429. The first-order valence-electron chi connectivity index (χ1n) is 6.42. The van der Waals surface area contributed by atoms with Gasteiger partial charge in [0.15, 0.2) is 0 Å². The van der Waals surface area contributed by atoms with Crippen LogP contribution < -0.4 is 0 Å². The van der Waals surface area contributed by atoms with Gasteiger partial charge in [0, 0.05) is 10.1 Å². The number of amides is 1. The topological polar surface area (TPSA) is 37.4 Å². The van der Waals surface area contributed by atoms with Gasteiger partial charge < -0.3 is 4.90 Å². The molecule has 0 spiro atoms. The maximum absolute atomic E-state index is 12.4. The third kappa shape index (κ3) is 2.54. The third-order valence-electron chi connectivity index (χ3n) is 3.09. The number of hydrogen-bond acceptors (Lipinski definition) is 4. The first kappa shape index (κ1) is 14.5. The van der Waals surface area contributed by atoms with Crippen molar-refractivity contribution in [2.45, 2.75) is 37.0 Å². The van der Waals surface area contributed by atoms with E-state index in [9.17, 15) is 9.59 Å². The normalized spacial score (nSPS) is 25.1. The fourth-order valence-corrected chi connectivity index (χ4v) is 4.48. The summed E-state index contributed by atoms with van der Waals surface area (Å²) in [5.74, 6) is 0.603. The summed E-state index contributed by atoms with van der Waals surface area (Å²) in [4.78, 5) is 27.0. The van der Waals surface area contributed by atoms with Crippen molar-refractivity contribution in [2.24, 2.45) is 0 Å². The monoisotopic (exact) mass is 295 g/mol. The molecule has 0 N–H and O–H groups in total. The fourth-order valence-electron chi connectivity index (χ4n) is 2.18. The van der Waals surface area contributed by atoms with E-state index in [4.69, 9.17) is 0 Å². The van der Waals surface area contributed by atoms with E-state index in [1.807, 2.05) is 39.0 Å². The lowest BCUT2D eigenvalue weighted by molar-refractivity contribution is -0.114. The Morgan fingerprint density at radius 1 is 1.21 bits per heavy atom. The Balaban J connectivity index is 0.000000637. The van der Waals surface area contributed by atoms with E-state index in [0.717, 1.165) is 4.90 Å². The Hall–Kier alpha value is -0.940. The number of carbonyl (C=O) groups excluding carboxylic acids is 2. The number of nitrogens with zero attached hydrogens (tertiary/aromatic N) is 1. The van der Waals surface area contributed by atoms with E-state index in [0.29, 0.717) is 11.4 Å². The van der Waals surface area contributed by atoms with Crippen molar-refractivity contribution in [3.05, 3.63) is 29.8 Å². The first-order chi connectivity index (χ1) is 9.18. The Morgan fingerprint density at radius 2 is 1.89 bits per heavy atom. The van der Waals surface area contributed by atoms with Crippen LogP contribution in [0.15, 0.2) is 29.2 Å². The molecular weight excluding hydrogens is 278 g/mol.